The van der Waals surface area contributed by atoms with E-state index < -0.39 is 16.0 Å². The third-order valence-electron chi connectivity index (χ3n) is 2.81. The molecule has 0 saturated heterocycles. The number of aromatic carboxylic acids is 1. The molecule has 0 aliphatic rings. The molecule has 8 nitrogen and oxygen atoms in total. The zero-order valence-electron chi connectivity index (χ0n) is 11.6. The van der Waals surface area contributed by atoms with Gasteiger partial charge < -0.3 is 14.0 Å². The van der Waals surface area contributed by atoms with E-state index in [0.717, 1.165) is 0 Å². The summed E-state index contributed by atoms with van der Waals surface area (Å²) < 4.78 is 36.8. The number of carbonyl (C=O) groups is 1. The van der Waals surface area contributed by atoms with Gasteiger partial charge in [0.2, 0.25) is 10.0 Å². The molecule has 0 spiro atoms. The molecule has 2 aromatic rings. The third-order valence-corrected chi connectivity index (χ3v) is 4.36. The Bertz CT molecular complexity index is 787. The van der Waals surface area contributed by atoms with Gasteiger partial charge in [0.15, 0.2) is 0 Å². The summed E-state index contributed by atoms with van der Waals surface area (Å²) in [5.74, 6) is -0.751. The van der Waals surface area contributed by atoms with E-state index in [4.69, 9.17) is 14.0 Å². The summed E-state index contributed by atoms with van der Waals surface area (Å²) in [5, 5.41) is 12.8. The molecule has 2 aromatic heterocycles. The Hall–Kier alpha value is -2.13. The van der Waals surface area contributed by atoms with Gasteiger partial charge in [0, 0.05) is 6.07 Å². The predicted molar refractivity (Wildman–Crippen MR) is 70.4 cm³/mol. The normalized spacial score (nSPS) is 11.8. The smallest absolute Gasteiger partial charge is 0.340 e. The highest BCUT2D eigenvalue weighted by Crippen LogP contribution is 2.26. The SMILES string of the molecule is Cc1cc(CNS(=O)(=O)c2c(C)oc(C)c2C(=O)O)no1. The second-order valence-electron chi connectivity index (χ2n) is 4.48. The van der Waals surface area contributed by atoms with Gasteiger partial charge in [-0.1, -0.05) is 5.16 Å². The largest absolute Gasteiger partial charge is 0.478 e. The molecule has 0 amide bonds. The van der Waals surface area contributed by atoms with Gasteiger partial charge in [-0.3, -0.25) is 0 Å². The molecule has 0 unspecified atom stereocenters. The first-order valence-corrected chi connectivity index (χ1v) is 7.46. The lowest BCUT2D eigenvalue weighted by Gasteiger charge is -2.05. The molecule has 2 heterocycles. The van der Waals surface area contributed by atoms with Crippen molar-refractivity contribution in [3.8, 4) is 0 Å². The minimum Gasteiger partial charge on any atom is -0.478 e. The Morgan fingerprint density at radius 1 is 1.33 bits per heavy atom. The van der Waals surface area contributed by atoms with Gasteiger partial charge in [0.05, 0.1) is 12.2 Å². The highest BCUT2D eigenvalue weighted by atomic mass is 32.2. The van der Waals surface area contributed by atoms with Gasteiger partial charge in [0.25, 0.3) is 0 Å². The first-order chi connectivity index (χ1) is 9.72. The first-order valence-electron chi connectivity index (χ1n) is 5.97. The Kier molecular flexibility index (Phi) is 3.88. The van der Waals surface area contributed by atoms with Gasteiger partial charge in [-0.15, -0.1) is 0 Å². The van der Waals surface area contributed by atoms with Crippen molar-refractivity contribution in [2.75, 3.05) is 0 Å². The predicted octanol–water partition coefficient (Wildman–Crippen LogP) is 1.37. The second-order valence-corrected chi connectivity index (χ2v) is 6.18. The number of rotatable bonds is 5. The van der Waals surface area contributed by atoms with Crippen molar-refractivity contribution in [3.05, 3.63) is 34.6 Å². The van der Waals surface area contributed by atoms with Gasteiger partial charge >= 0.3 is 5.97 Å². The van der Waals surface area contributed by atoms with Crippen molar-refractivity contribution in [1.29, 1.82) is 0 Å². The van der Waals surface area contributed by atoms with Crippen LogP contribution in [0.4, 0.5) is 0 Å². The lowest BCUT2D eigenvalue weighted by molar-refractivity contribution is 0.0691. The molecule has 2 rings (SSSR count). The highest BCUT2D eigenvalue weighted by molar-refractivity contribution is 7.89. The van der Waals surface area contributed by atoms with Gasteiger partial charge in [-0.2, -0.15) is 0 Å². The molecule has 9 heteroatoms. The maximum atomic E-state index is 12.3. The Morgan fingerprint density at radius 3 is 2.52 bits per heavy atom. The summed E-state index contributed by atoms with van der Waals surface area (Å²) in [4.78, 5) is 10.8. The van der Waals surface area contributed by atoms with E-state index in [1.54, 1.807) is 13.0 Å². The summed E-state index contributed by atoms with van der Waals surface area (Å²) in [5.41, 5.74) is 0.0298. The fraction of sp³-hybridized carbons (Fsp3) is 0.333. The number of sulfonamides is 1. The topological polar surface area (TPSA) is 123 Å². The number of aromatic nitrogens is 1. The lowest BCUT2D eigenvalue weighted by Crippen LogP contribution is -2.25. The van der Waals surface area contributed by atoms with Crippen LogP contribution < -0.4 is 4.72 Å². The average molecular weight is 314 g/mol. The van der Waals surface area contributed by atoms with Gasteiger partial charge in [-0.25, -0.2) is 17.9 Å². The lowest BCUT2D eigenvalue weighted by atomic mass is 10.2. The van der Waals surface area contributed by atoms with Gasteiger partial charge in [-0.05, 0) is 20.8 Å². The van der Waals surface area contributed by atoms with Crippen LogP contribution in [0.2, 0.25) is 0 Å². The molecule has 0 aliphatic heterocycles. The molecule has 0 radical (unpaired) electrons. The summed E-state index contributed by atoms with van der Waals surface area (Å²) >= 11 is 0. The van der Waals surface area contributed by atoms with E-state index in [1.807, 2.05) is 0 Å². The number of aryl methyl sites for hydroxylation is 3. The monoisotopic (exact) mass is 314 g/mol. The van der Waals surface area contributed by atoms with Crippen LogP contribution in [-0.4, -0.2) is 24.7 Å². The van der Waals surface area contributed by atoms with Crippen molar-refractivity contribution < 1.29 is 27.3 Å². The van der Waals surface area contributed by atoms with Crippen LogP contribution in [0.15, 0.2) is 19.9 Å². The molecule has 114 valence electrons. The molecule has 0 aromatic carbocycles. The van der Waals surface area contributed by atoms with Crippen molar-refractivity contribution in [2.24, 2.45) is 0 Å². The number of furan rings is 1. The minimum atomic E-state index is -4.04. The molecular weight excluding hydrogens is 300 g/mol. The molecule has 0 fully saturated rings. The number of hydrogen-bond acceptors (Lipinski definition) is 6. The maximum Gasteiger partial charge on any atom is 0.340 e. The summed E-state index contributed by atoms with van der Waals surface area (Å²) in [7, 11) is -4.04. The molecular formula is C12H14N2O6S. The van der Waals surface area contributed by atoms with E-state index in [1.165, 1.54) is 13.8 Å². The fourth-order valence-electron chi connectivity index (χ4n) is 1.98. The van der Waals surface area contributed by atoms with E-state index in [0.29, 0.717) is 11.5 Å². The molecule has 0 bridgehead atoms. The van der Waals surface area contributed by atoms with Crippen LogP contribution in [0.3, 0.4) is 0 Å². The third kappa shape index (κ3) is 2.98. The maximum absolute atomic E-state index is 12.3. The minimum absolute atomic E-state index is 0.0220. The standard InChI is InChI=1S/C12H14N2O6S/c1-6-4-9(14-20-6)5-13-21(17,18)11-8(3)19-7(2)10(11)12(15)16/h4,13H,5H2,1-3H3,(H,15,16). The Morgan fingerprint density at radius 2 is 2.00 bits per heavy atom. The zero-order valence-corrected chi connectivity index (χ0v) is 12.4. The molecule has 21 heavy (non-hydrogen) atoms. The van der Waals surface area contributed by atoms with Crippen LogP contribution in [0.5, 0.6) is 0 Å². The summed E-state index contributed by atoms with van der Waals surface area (Å²) in [6, 6.07) is 1.58. The molecule has 0 aliphatic carbocycles. The van der Waals surface area contributed by atoms with Crippen LogP contribution in [0.25, 0.3) is 0 Å². The van der Waals surface area contributed by atoms with Crippen molar-refractivity contribution >= 4 is 16.0 Å². The van der Waals surface area contributed by atoms with Crippen molar-refractivity contribution in [2.45, 2.75) is 32.2 Å². The van der Waals surface area contributed by atoms with Crippen LogP contribution in [-0.2, 0) is 16.6 Å². The van der Waals surface area contributed by atoms with Crippen LogP contribution in [0, 0.1) is 20.8 Å². The fourth-order valence-corrected chi connectivity index (χ4v) is 3.38. The number of carboxylic acid groups (broad SMARTS) is 1. The van der Waals surface area contributed by atoms with E-state index in [9.17, 15) is 13.2 Å². The van der Waals surface area contributed by atoms with E-state index >= 15 is 0 Å². The Labute approximate surface area is 120 Å². The zero-order chi connectivity index (χ0) is 15.8. The Balaban J connectivity index is 2.34. The first kappa shape index (κ1) is 15.3. The van der Waals surface area contributed by atoms with Crippen molar-refractivity contribution in [1.82, 2.24) is 9.88 Å². The van der Waals surface area contributed by atoms with Crippen LogP contribution in [0.1, 0.15) is 33.3 Å². The number of nitrogens with one attached hydrogen (secondary N) is 1. The second kappa shape index (κ2) is 5.34. The number of nitrogens with zero attached hydrogens (tertiary/aromatic N) is 1. The highest BCUT2D eigenvalue weighted by Gasteiger charge is 2.30. The van der Waals surface area contributed by atoms with Crippen LogP contribution >= 0.6 is 0 Å². The summed E-state index contributed by atoms with van der Waals surface area (Å²) in [6.45, 7) is 4.37. The number of hydrogen-bond donors (Lipinski definition) is 2. The summed E-state index contributed by atoms with van der Waals surface area (Å²) in [6.07, 6.45) is 0. The molecule has 0 saturated carbocycles. The number of carboxylic acids is 1. The van der Waals surface area contributed by atoms with E-state index in [-0.39, 0.29) is 28.5 Å². The molecule has 0 atom stereocenters. The van der Waals surface area contributed by atoms with E-state index in [2.05, 4.69) is 9.88 Å². The van der Waals surface area contributed by atoms with Crippen molar-refractivity contribution in [3.63, 3.8) is 0 Å². The molecule has 2 N–H and O–H groups in total. The van der Waals surface area contributed by atoms with Gasteiger partial charge in [0.1, 0.15) is 27.7 Å². The quantitative estimate of drug-likeness (QED) is 0.854. The average Bonchev–Trinajstić information content (AvgIpc) is 2.90.